The number of nitrogens with zero attached hydrogens (tertiary/aromatic N) is 1. The number of ether oxygens (including phenoxy) is 1. The largest absolute Gasteiger partial charge is 0.497 e. The molecule has 0 aromatic heterocycles. The van der Waals surface area contributed by atoms with Crippen LogP contribution in [0.2, 0.25) is 0 Å². The molecule has 0 saturated carbocycles. The van der Waals surface area contributed by atoms with Crippen molar-refractivity contribution < 1.29 is 9.53 Å². The molecule has 1 atom stereocenters. The third kappa shape index (κ3) is 3.43. The number of methoxy groups -OCH3 is 1. The van der Waals surface area contributed by atoms with Crippen LogP contribution in [-0.4, -0.2) is 18.6 Å². The first kappa shape index (κ1) is 20.7. The lowest BCUT2D eigenvalue weighted by molar-refractivity contribution is 0.0948. The number of benzene rings is 3. The Balaban J connectivity index is 1.85. The van der Waals surface area contributed by atoms with Gasteiger partial charge in [-0.25, -0.2) is 0 Å². The molecule has 1 heterocycles. The number of anilines is 1. The Morgan fingerprint density at radius 3 is 2.20 bits per heavy atom. The average molecular weight is 464 g/mol. The molecule has 30 heavy (non-hydrogen) atoms. The van der Waals surface area contributed by atoms with Crippen LogP contribution in [0, 0.1) is 0 Å². The Morgan fingerprint density at radius 1 is 0.933 bits per heavy atom. The molecular weight excluding hydrogens is 438 g/mol. The molecular formula is C26H26BrNO2. The molecule has 3 nitrogen and oxygen atoms in total. The van der Waals surface area contributed by atoms with Gasteiger partial charge in [-0.05, 0) is 73.9 Å². The molecule has 1 aliphatic heterocycles. The van der Waals surface area contributed by atoms with Gasteiger partial charge in [0, 0.05) is 26.7 Å². The lowest BCUT2D eigenvalue weighted by Gasteiger charge is -2.51. The van der Waals surface area contributed by atoms with Crippen molar-refractivity contribution in [3.63, 3.8) is 0 Å². The maximum Gasteiger partial charge on any atom is 0.258 e. The Kier molecular flexibility index (Phi) is 5.23. The molecule has 1 aliphatic rings. The van der Waals surface area contributed by atoms with Crippen LogP contribution >= 0.6 is 15.9 Å². The minimum absolute atomic E-state index is 0.0248. The first-order valence-electron chi connectivity index (χ1n) is 10.1. The van der Waals surface area contributed by atoms with Gasteiger partial charge in [-0.2, -0.15) is 0 Å². The first-order valence-corrected chi connectivity index (χ1v) is 10.9. The summed E-state index contributed by atoms with van der Waals surface area (Å²) in [7, 11) is 1.68. The number of fused-ring (bicyclic) bond motifs is 1. The van der Waals surface area contributed by atoms with E-state index in [0.717, 1.165) is 22.3 Å². The van der Waals surface area contributed by atoms with Crippen molar-refractivity contribution in [2.75, 3.05) is 12.0 Å². The van der Waals surface area contributed by atoms with Crippen molar-refractivity contribution in [2.45, 2.75) is 38.1 Å². The molecule has 0 saturated heterocycles. The topological polar surface area (TPSA) is 29.5 Å². The molecule has 0 bridgehead atoms. The van der Waals surface area contributed by atoms with Gasteiger partial charge in [-0.15, -0.1) is 0 Å². The van der Waals surface area contributed by atoms with E-state index in [-0.39, 0.29) is 16.9 Å². The molecule has 0 radical (unpaired) electrons. The van der Waals surface area contributed by atoms with Crippen molar-refractivity contribution in [3.05, 3.63) is 94.0 Å². The standard InChI is InChI=1S/C26H26BrNO2/c1-25(2)17-26(3,19-11-15-21(30-4)16-12-19)22-7-5-6-8-23(22)28(25)24(29)18-9-13-20(27)14-10-18/h5-16H,17H2,1-4H3/t26-/m0/s1. The minimum Gasteiger partial charge on any atom is -0.497 e. The Morgan fingerprint density at radius 2 is 1.57 bits per heavy atom. The van der Waals surface area contributed by atoms with Gasteiger partial charge in [0.15, 0.2) is 0 Å². The highest BCUT2D eigenvalue weighted by Crippen LogP contribution is 2.50. The highest BCUT2D eigenvalue weighted by atomic mass is 79.9. The number of hydrogen-bond donors (Lipinski definition) is 0. The summed E-state index contributed by atoms with van der Waals surface area (Å²) in [4.78, 5) is 15.6. The van der Waals surface area contributed by atoms with Crippen molar-refractivity contribution >= 4 is 27.5 Å². The highest BCUT2D eigenvalue weighted by molar-refractivity contribution is 9.10. The molecule has 0 aliphatic carbocycles. The summed E-state index contributed by atoms with van der Waals surface area (Å²) in [6.07, 6.45) is 0.811. The molecule has 0 N–H and O–H groups in total. The summed E-state index contributed by atoms with van der Waals surface area (Å²) in [6.45, 7) is 6.58. The van der Waals surface area contributed by atoms with E-state index in [2.05, 4.69) is 67.0 Å². The number of para-hydroxylation sites is 1. The van der Waals surface area contributed by atoms with E-state index in [9.17, 15) is 4.79 Å². The van der Waals surface area contributed by atoms with Crippen molar-refractivity contribution in [3.8, 4) is 5.75 Å². The van der Waals surface area contributed by atoms with Crippen LogP contribution < -0.4 is 9.64 Å². The maximum absolute atomic E-state index is 13.6. The van der Waals surface area contributed by atoms with Crippen LogP contribution in [0.25, 0.3) is 0 Å². The Labute approximate surface area is 186 Å². The van der Waals surface area contributed by atoms with Gasteiger partial charge in [0.1, 0.15) is 5.75 Å². The van der Waals surface area contributed by atoms with Gasteiger partial charge < -0.3 is 9.64 Å². The number of amides is 1. The van der Waals surface area contributed by atoms with E-state index in [1.165, 1.54) is 11.1 Å². The Bertz CT molecular complexity index is 1070. The van der Waals surface area contributed by atoms with E-state index in [0.29, 0.717) is 5.56 Å². The predicted octanol–water partition coefficient (Wildman–Crippen LogP) is 6.59. The summed E-state index contributed by atoms with van der Waals surface area (Å²) in [5.41, 5.74) is 3.46. The summed E-state index contributed by atoms with van der Waals surface area (Å²) in [6, 6.07) is 24.2. The normalized spacial score (nSPS) is 19.8. The van der Waals surface area contributed by atoms with Crippen LogP contribution in [0.4, 0.5) is 5.69 Å². The van der Waals surface area contributed by atoms with E-state index in [4.69, 9.17) is 4.74 Å². The first-order chi connectivity index (χ1) is 14.3. The van der Waals surface area contributed by atoms with E-state index in [1.807, 2.05) is 47.4 Å². The van der Waals surface area contributed by atoms with Gasteiger partial charge in [0.25, 0.3) is 5.91 Å². The van der Waals surface area contributed by atoms with Gasteiger partial charge >= 0.3 is 0 Å². The predicted molar refractivity (Wildman–Crippen MR) is 126 cm³/mol. The number of halogens is 1. The van der Waals surface area contributed by atoms with Crippen LogP contribution in [0.1, 0.15) is 48.7 Å². The zero-order valence-corrected chi connectivity index (χ0v) is 19.4. The lowest BCUT2D eigenvalue weighted by Crippen LogP contribution is -2.55. The molecule has 4 heteroatoms. The molecule has 0 spiro atoms. The SMILES string of the molecule is COc1ccc([C@]2(C)CC(C)(C)N(C(=O)c3ccc(Br)cc3)c3ccccc32)cc1. The Hall–Kier alpha value is -2.59. The highest BCUT2D eigenvalue weighted by Gasteiger charge is 2.47. The molecule has 3 aromatic carbocycles. The number of rotatable bonds is 3. The van der Waals surface area contributed by atoms with Crippen molar-refractivity contribution in [1.82, 2.24) is 0 Å². The summed E-state index contributed by atoms with van der Waals surface area (Å²) in [5.74, 6) is 0.870. The van der Waals surface area contributed by atoms with Crippen LogP contribution in [0.3, 0.4) is 0 Å². The van der Waals surface area contributed by atoms with Gasteiger partial charge in [-0.1, -0.05) is 53.2 Å². The van der Waals surface area contributed by atoms with Gasteiger partial charge in [0.2, 0.25) is 0 Å². The quantitative estimate of drug-likeness (QED) is 0.438. The maximum atomic E-state index is 13.6. The summed E-state index contributed by atoms with van der Waals surface area (Å²) in [5, 5.41) is 0. The summed E-state index contributed by atoms with van der Waals surface area (Å²) < 4.78 is 6.31. The second-order valence-corrected chi connectivity index (χ2v) is 9.63. The lowest BCUT2D eigenvalue weighted by atomic mass is 9.65. The van der Waals surface area contributed by atoms with E-state index in [1.54, 1.807) is 7.11 Å². The molecule has 154 valence electrons. The van der Waals surface area contributed by atoms with Crippen molar-refractivity contribution in [2.24, 2.45) is 0 Å². The fourth-order valence-electron chi connectivity index (χ4n) is 4.82. The van der Waals surface area contributed by atoms with Gasteiger partial charge in [0.05, 0.1) is 7.11 Å². The third-order valence-corrected chi connectivity index (χ3v) is 6.68. The van der Waals surface area contributed by atoms with Crippen LogP contribution in [0.15, 0.2) is 77.3 Å². The molecule has 4 rings (SSSR count). The van der Waals surface area contributed by atoms with Crippen molar-refractivity contribution in [1.29, 1.82) is 0 Å². The monoisotopic (exact) mass is 463 g/mol. The minimum atomic E-state index is -0.368. The number of carbonyl (C=O) groups is 1. The second kappa shape index (κ2) is 7.59. The van der Waals surface area contributed by atoms with Crippen LogP contribution in [0.5, 0.6) is 5.75 Å². The molecule has 1 amide bonds. The van der Waals surface area contributed by atoms with Gasteiger partial charge in [-0.3, -0.25) is 4.79 Å². The average Bonchev–Trinajstić information content (AvgIpc) is 2.73. The molecule has 3 aromatic rings. The zero-order chi connectivity index (χ0) is 21.5. The van der Waals surface area contributed by atoms with Crippen LogP contribution in [-0.2, 0) is 5.41 Å². The molecule has 0 unspecified atom stereocenters. The number of hydrogen-bond acceptors (Lipinski definition) is 2. The third-order valence-electron chi connectivity index (χ3n) is 6.15. The molecule has 0 fully saturated rings. The second-order valence-electron chi connectivity index (χ2n) is 8.71. The fourth-order valence-corrected chi connectivity index (χ4v) is 5.09. The zero-order valence-electron chi connectivity index (χ0n) is 17.8. The summed E-state index contributed by atoms with van der Waals surface area (Å²) >= 11 is 3.46. The van der Waals surface area contributed by atoms with E-state index >= 15 is 0 Å². The van der Waals surface area contributed by atoms with E-state index < -0.39 is 0 Å². The fraction of sp³-hybridized carbons (Fsp3) is 0.269. The number of carbonyl (C=O) groups excluding carboxylic acids is 1. The smallest absolute Gasteiger partial charge is 0.258 e.